The van der Waals surface area contributed by atoms with Crippen molar-refractivity contribution < 1.29 is 4.74 Å². The Morgan fingerprint density at radius 1 is 1.21 bits per heavy atom. The number of ether oxygens (including phenoxy) is 1. The summed E-state index contributed by atoms with van der Waals surface area (Å²) in [6.07, 6.45) is 5.44. The minimum absolute atomic E-state index is 0. The molecule has 0 saturated carbocycles. The summed E-state index contributed by atoms with van der Waals surface area (Å²) in [4.78, 5) is 8.45. The molecule has 0 radical (unpaired) electrons. The molecule has 0 saturated heterocycles. The summed E-state index contributed by atoms with van der Waals surface area (Å²) in [7, 11) is 1.67. The predicted octanol–water partition coefficient (Wildman–Crippen LogP) is 2.71. The van der Waals surface area contributed by atoms with Crippen molar-refractivity contribution in [2.45, 2.75) is 19.8 Å². The van der Waals surface area contributed by atoms with Crippen LogP contribution in [-0.2, 0) is 12.8 Å². The molecule has 0 unspecified atom stereocenters. The van der Waals surface area contributed by atoms with Crippen LogP contribution in [-0.4, -0.2) is 31.1 Å². The first kappa shape index (κ1) is 20.2. The molecule has 0 aliphatic rings. The van der Waals surface area contributed by atoms with Gasteiger partial charge in [-0.3, -0.25) is 9.98 Å². The van der Waals surface area contributed by atoms with Gasteiger partial charge in [-0.25, -0.2) is 0 Å². The summed E-state index contributed by atoms with van der Waals surface area (Å²) in [6.45, 7) is 3.49. The third kappa shape index (κ3) is 6.74. The molecule has 0 fully saturated rings. The Balaban J connectivity index is 0.00000288. The Morgan fingerprint density at radius 2 is 1.96 bits per heavy atom. The lowest BCUT2D eigenvalue weighted by molar-refractivity contribution is 0.414. The van der Waals surface area contributed by atoms with Gasteiger partial charge in [0.2, 0.25) is 0 Å². The number of nitrogens with two attached hydrogens (primary N) is 1. The van der Waals surface area contributed by atoms with Crippen LogP contribution in [0.1, 0.15) is 16.7 Å². The zero-order chi connectivity index (χ0) is 16.5. The number of methoxy groups -OCH3 is 1. The van der Waals surface area contributed by atoms with E-state index in [4.69, 9.17) is 10.5 Å². The lowest BCUT2D eigenvalue weighted by atomic mass is 10.1. The molecule has 0 atom stereocenters. The van der Waals surface area contributed by atoms with Crippen LogP contribution >= 0.6 is 24.0 Å². The first-order valence-electron chi connectivity index (χ1n) is 7.75. The molecule has 0 spiro atoms. The van der Waals surface area contributed by atoms with Crippen molar-refractivity contribution >= 4 is 29.9 Å². The molecule has 130 valence electrons. The maximum atomic E-state index is 5.89. The molecule has 1 heterocycles. The summed E-state index contributed by atoms with van der Waals surface area (Å²) >= 11 is 0. The van der Waals surface area contributed by atoms with Gasteiger partial charge < -0.3 is 15.8 Å². The fraction of sp³-hybridized carbons (Fsp3) is 0.333. The van der Waals surface area contributed by atoms with Crippen LogP contribution in [0.5, 0.6) is 5.75 Å². The number of pyridine rings is 1. The van der Waals surface area contributed by atoms with Crippen LogP contribution in [0.3, 0.4) is 0 Å². The van der Waals surface area contributed by atoms with E-state index < -0.39 is 0 Å². The first-order valence-corrected chi connectivity index (χ1v) is 7.75. The first-order chi connectivity index (χ1) is 11.2. The van der Waals surface area contributed by atoms with Gasteiger partial charge in [-0.1, -0.05) is 12.1 Å². The molecule has 0 amide bonds. The van der Waals surface area contributed by atoms with Gasteiger partial charge in [0.05, 0.1) is 7.11 Å². The molecule has 1 aromatic heterocycles. The normalized spacial score (nSPS) is 10.8. The van der Waals surface area contributed by atoms with E-state index in [9.17, 15) is 0 Å². The molecule has 0 aliphatic heterocycles. The van der Waals surface area contributed by atoms with E-state index in [2.05, 4.69) is 34.3 Å². The quantitative estimate of drug-likeness (QED) is 0.395. The van der Waals surface area contributed by atoms with E-state index in [-0.39, 0.29) is 24.0 Å². The topological polar surface area (TPSA) is 72.5 Å². The number of rotatable bonds is 7. The number of hydrogen-bond acceptors (Lipinski definition) is 3. The molecule has 24 heavy (non-hydrogen) atoms. The number of guanidine groups is 1. The SMILES string of the molecule is COc1ccc(CCNC(N)=NCCc2ccncc2C)cc1.I. The Kier molecular flexibility index (Phi) is 9.14. The van der Waals surface area contributed by atoms with Crippen LogP contribution in [0.4, 0.5) is 0 Å². The highest BCUT2D eigenvalue weighted by atomic mass is 127. The van der Waals surface area contributed by atoms with Crippen molar-refractivity contribution in [3.63, 3.8) is 0 Å². The number of nitrogens with zero attached hydrogens (tertiary/aromatic N) is 2. The van der Waals surface area contributed by atoms with Gasteiger partial charge in [0.1, 0.15) is 5.75 Å². The van der Waals surface area contributed by atoms with Gasteiger partial charge in [0, 0.05) is 25.5 Å². The lowest BCUT2D eigenvalue weighted by Crippen LogP contribution is -2.33. The van der Waals surface area contributed by atoms with Crippen molar-refractivity contribution in [3.05, 3.63) is 59.4 Å². The Labute approximate surface area is 160 Å². The average Bonchev–Trinajstić information content (AvgIpc) is 2.57. The molecular formula is C18H25IN4O. The second kappa shape index (κ2) is 10.9. The van der Waals surface area contributed by atoms with Gasteiger partial charge in [-0.2, -0.15) is 0 Å². The summed E-state index contributed by atoms with van der Waals surface area (Å²) < 4.78 is 5.14. The third-order valence-corrected chi connectivity index (χ3v) is 3.68. The van der Waals surface area contributed by atoms with E-state index in [0.29, 0.717) is 12.5 Å². The van der Waals surface area contributed by atoms with Crippen molar-refractivity contribution in [1.82, 2.24) is 10.3 Å². The summed E-state index contributed by atoms with van der Waals surface area (Å²) in [5, 5.41) is 3.14. The van der Waals surface area contributed by atoms with E-state index in [1.807, 2.05) is 30.6 Å². The fourth-order valence-electron chi connectivity index (χ4n) is 2.26. The van der Waals surface area contributed by atoms with Gasteiger partial charge in [-0.15, -0.1) is 24.0 Å². The van der Waals surface area contributed by atoms with Gasteiger partial charge in [-0.05, 0) is 54.7 Å². The second-order valence-electron chi connectivity index (χ2n) is 5.34. The minimum atomic E-state index is 0. The smallest absolute Gasteiger partial charge is 0.188 e. The molecular weight excluding hydrogens is 415 g/mol. The van der Waals surface area contributed by atoms with Gasteiger partial charge >= 0.3 is 0 Å². The minimum Gasteiger partial charge on any atom is -0.497 e. The maximum absolute atomic E-state index is 5.89. The Bertz CT molecular complexity index is 644. The third-order valence-electron chi connectivity index (χ3n) is 3.68. The van der Waals surface area contributed by atoms with Crippen molar-refractivity contribution in [3.8, 4) is 5.75 Å². The van der Waals surface area contributed by atoms with Gasteiger partial charge in [0.25, 0.3) is 0 Å². The summed E-state index contributed by atoms with van der Waals surface area (Å²) in [5.74, 6) is 1.36. The largest absolute Gasteiger partial charge is 0.497 e. The average molecular weight is 440 g/mol. The number of benzene rings is 1. The molecule has 2 aromatic rings. The monoisotopic (exact) mass is 440 g/mol. The Morgan fingerprint density at radius 3 is 2.62 bits per heavy atom. The number of aryl methyl sites for hydroxylation is 1. The molecule has 0 bridgehead atoms. The number of hydrogen-bond donors (Lipinski definition) is 2. The van der Waals surface area contributed by atoms with Crippen molar-refractivity contribution in [2.24, 2.45) is 10.7 Å². The highest BCUT2D eigenvalue weighted by molar-refractivity contribution is 14.0. The molecule has 6 heteroatoms. The molecule has 2 rings (SSSR count). The summed E-state index contributed by atoms with van der Waals surface area (Å²) in [5.41, 5.74) is 9.57. The zero-order valence-electron chi connectivity index (χ0n) is 14.2. The molecule has 1 aromatic carbocycles. The van der Waals surface area contributed by atoms with E-state index >= 15 is 0 Å². The van der Waals surface area contributed by atoms with E-state index in [1.54, 1.807) is 7.11 Å². The number of nitrogens with one attached hydrogen (secondary N) is 1. The summed E-state index contributed by atoms with van der Waals surface area (Å²) in [6, 6.07) is 10.1. The van der Waals surface area contributed by atoms with E-state index in [1.165, 1.54) is 16.7 Å². The lowest BCUT2D eigenvalue weighted by Gasteiger charge is -2.07. The highest BCUT2D eigenvalue weighted by Crippen LogP contribution is 2.11. The highest BCUT2D eigenvalue weighted by Gasteiger charge is 1.98. The van der Waals surface area contributed by atoms with Crippen LogP contribution in [0, 0.1) is 6.92 Å². The van der Waals surface area contributed by atoms with Gasteiger partial charge in [0.15, 0.2) is 5.96 Å². The van der Waals surface area contributed by atoms with Crippen molar-refractivity contribution in [2.75, 3.05) is 20.2 Å². The number of aromatic nitrogens is 1. The van der Waals surface area contributed by atoms with E-state index in [0.717, 1.165) is 25.1 Å². The fourth-order valence-corrected chi connectivity index (χ4v) is 2.26. The van der Waals surface area contributed by atoms with Crippen LogP contribution in [0.15, 0.2) is 47.7 Å². The predicted molar refractivity (Wildman–Crippen MR) is 109 cm³/mol. The van der Waals surface area contributed by atoms with Crippen molar-refractivity contribution in [1.29, 1.82) is 0 Å². The van der Waals surface area contributed by atoms with Crippen LogP contribution < -0.4 is 15.8 Å². The Hall–Kier alpha value is -1.83. The maximum Gasteiger partial charge on any atom is 0.188 e. The standard InChI is InChI=1S/C18H24N4O.HI/c1-14-13-20-10-8-16(14)9-12-22-18(19)21-11-7-15-3-5-17(23-2)6-4-15;/h3-6,8,10,13H,7,9,11-12H2,1-2H3,(H3,19,21,22);1H. The second-order valence-corrected chi connectivity index (χ2v) is 5.34. The molecule has 3 N–H and O–H groups in total. The molecule has 0 aliphatic carbocycles. The zero-order valence-corrected chi connectivity index (χ0v) is 16.5. The number of halogens is 1. The van der Waals surface area contributed by atoms with Crippen LogP contribution in [0.25, 0.3) is 0 Å². The van der Waals surface area contributed by atoms with Crippen LogP contribution in [0.2, 0.25) is 0 Å². The molecule has 5 nitrogen and oxygen atoms in total. The number of aliphatic imine (C=N–C) groups is 1.